The number of hydrogen-bond acceptors (Lipinski definition) is 0. The molecule has 0 N–H and O–H groups in total. The van der Waals surface area contributed by atoms with E-state index in [1.807, 2.05) is 0 Å². The van der Waals surface area contributed by atoms with Gasteiger partial charge in [-0.1, -0.05) is 253 Å². The summed E-state index contributed by atoms with van der Waals surface area (Å²) in [5, 5.41) is 12.9. The highest BCUT2D eigenvalue weighted by Crippen LogP contribution is 2.47. The molecule has 0 unspecified atom stereocenters. The van der Waals surface area contributed by atoms with Gasteiger partial charge in [-0.25, -0.2) is 0 Å². The summed E-state index contributed by atoms with van der Waals surface area (Å²) in [6.45, 7) is 0. The first kappa shape index (κ1) is 60.0. The van der Waals surface area contributed by atoms with Gasteiger partial charge in [-0.2, -0.15) is 0 Å². The van der Waals surface area contributed by atoms with Crippen molar-refractivity contribution in [1.29, 1.82) is 0 Å². The van der Waals surface area contributed by atoms with Gasteiger partial charge in [-0.3, -0.25) is 0 Å². The van der Waals surface area contributed by atoms with Crippen LogP contribution in [0.15, 0.2) is 381 Å². The predicted octanol–water partition coefficient (Wildman–Crippen LogP) is 26.2. The number of rotatable bonds is 7. The van der Waals surface area contributed by atoms with Crippen molar-refractivity contribution in [3.05, 3.63) is 392 Å². The Bertz CT molecular complexity index is 6860. The first-order valence-corrected chi connectivity index (χ1v) is 36.1. The smallest absolute Gasteiger partial charge is 0.0641 e. The van der Waals surface area contributed by atoms with Crippen molar-refractivity contribution in [3.8, 4) is 61.8 Å². The summed E-state index contributed by atoms with van der Waals surface area (Å²) in [4.78, 5) is 0. The number of hydrogen-bond donors (Lipinski definition) is 0. The van der Waals surface area contributed by atoms with Crippen molar-refractivity contribution in [2.24, 2.45) is 0 Å². The van der Waals surface area contributed by atoms with Gasteiger partial charge >= 0.3 is 0 Å². The number of para-hydroxylation sites is 9. The molecule has 1 aliphatic rings. The van der Waals surface area contributed by atoms with E-state index in [0.29, 0.717) is 0 Å². The topological polar surface area (TPSA) is 24.6 Å². The summed E-state index contributed by atoms with van der Waals surface area (Å²) >= 11 is 3.52. The first-order valence-electron chi connectivity index (χ1n) is 35.3. The van der Waals surface area contributed by atoms with Crippen LogP contribution in [0.4, 0.5) is 0 Å². The van der Waals surface area contributed by atoms with Crippen molar-refractivity contribution in [1.82, 2.24) is 22.8 Å². The molecule has 5 heterocycles. The maximum Gasteiger partial charge on any atom is 0.0641 e. The molecule has 1 aliphatic carbocycles. The number of benzene rings is 16. The Morgan fingerprint density at radius 1 is 0.204 bits per heavy atom. The standard InChI is InChI=1S/C48H31N3.C25H17N.C24H16BrN/c1-3-13-34(14-4-1)49-42-20-10-8-18-38(42)41-31-33(25-29-45(41)49)32-23-26-36(27-24-32)51-43-21-11-7-17-37(43)39-28-30-46-47(48(39)51)40-19-9-12-22-44(40)50(46)35-15-5-2-6-16-35;1-2-9-18(10-3-1)26-23-13-7-6-12-21(23)25-22-16-17-8-4-5-11-19(17)20(22)14-15-24(25)26;25-19-13-10-17(11-14-19)18-12-15-24-22(16-18)21-8-4-5-9-23(21)26(24)20-6-2-1-3-7-20/h1-31H;1-15H,16H2;1-16H. The van der Waals surface area contributed by atoms with Crippen molar-refractivity contribution in [2.45, 2.75) is 6.42 Å². The van der Waals surface area contributed by atoms with Gasteiger partial charge in [-0.05, 0) is 190 Å². The van der Waals surface area contributed by atoms with Crippen LogP contribution in [0.1, 0.15) is 11.1 Å². The van der Waals surface area contributed by atoms with E-state index in [1.165, 1.54) is 176 Å². The third-order valence-electron chi connectivity index (χ3n) is 21.1. The van der Waals surface area contributed by atoms with Gasteiger partial charge in [0.15, 0.2) is 0 Å². The molecule has 0 fully saturated rings. The summed E-state index contributed by atoms with van der Waals surface area (Å²) in [7, 11) is 0. The van der Waals surface area contributed by atoms with Crippen LogP contribution in [0.25, 0.3) is 171 Å². The second-order valence-electron chi connectivity index (χ2n) is 26.8. The fourth-order valence-electron chi connectivity index (χ4n) is 16.6. The molecule has 5 nitrogen and oxygen atoms in total. The van der Waals surface area contributed by atoms with Gasteiger partial charge in [0, 0.05) is 86.8 Å². The van der Waals surface area contributed by atoms with E-state index >= 15 is 0 Å². The Labute approximate surface area is 603 Å². The van der Waals surface area contributed by atoms with Crippen LogP contribution in [0.2, 0.25) is 0 Å². The first-order chi connectivity index (χ1) is 51.1. The lowest BCUT2D eigenvalue weighted by Crippen LogP contribution is -1.95. The lowest BCUT2D eigenvalue weighted by molar-refractivity contribution is 1.17. The highest BCUT2D eigenvalue weighted by atomic mass is 79.9. The maximum atomic E-state index is 3.52. The molecule has 103 heavy (non-hydrogen) atoms. The van der Waals surface area contributed by atoms with E-state index < -0.39 is 0 Å². The van der Waals surface area contributed by atoms with Crippen LogP contribution in [-0.2, 0) is 6.42 Å². The molecule has 6 heteroatoms. The molecular weight excluding hydrogens is 1320 g/mol. The second kappa shape index (κ2) is 24.7. The van der Waals surface area contributed by atoms with Gasteiger partial charge in [0.05, 0.1) is 55.2 Å². The molecule has 16 aromatic carbocycles. The zero-order valence-corrected chi connectivity index (χ0v) is 57.7. The van der Waals surface area contributed by atoms with E-state index in [2.05, 4.69) is 415 Å². The van der Waals surface area contributed by atoms with Crippen LogP contribution in [0, 0.1) is 0 Å². The summed E-state index contributed by atoms with van der Waals surface area (Å²) in [5.74, 6) is 0. The molecule has 0 atom stereocenters. The van der Waals surface area contributed by atoms with Crippen LogP contribution >= 0.6 is 15.9 Å². The summed E-state index contributed by atoms with van der Waals surface area (Å²) in [6.07, 6.45) is 1.02. The minimum absolute atomic E-state index is 1.02. The SMILES string of the molecule is Brc1ccc(-c2ccc3c(c2)c2ccccc2n3-c2ccccc2)cc1.c1ccc(-n2c3ccccc3c3c4c(ccc32)-c2ccccc2C4)cc1.c1ccc(-n2c3ccccc3c3cc(-c4ccc(-n5c6ccccc6c6ccc7c(c8ccccc8n7-c7ccccc7)c65)cc4)ccc32)cc1. The van der Waals surface area contributed by atoms with Crippen molar-refractivity contribution >= 4 is 125 Å². The van der Waals surface area contributed by atoms with Crippen LogP contribution in [0.5, 0.6) is 0 Å². The number of nitrogens with zero attached hydrogens (tertiary/aromatic N) is 5. The Morgan fingerprint density at radius 2 is 0.534 bits per heavy atom. The lowest BCUT2D eigenvalue weighted by Gasteiger charge is -2.11. The normalized spacial score (nSPS) is 11.9. The zero-order chi connectivity index (χ0) is 68.1. The van der Waals surface area contributed by atoms with Crippen molar-refractivity contribution < 1.29 is 0 Å². The molecule has 0 aliphatic heterocycles. The van der Waals surface area contributed by atoms with E-state index in [0.717, 1.165) is 16.6 Å². The highest BCUT2D eigenvalue weighted by Gasteiger charge is 2.26. The summed E-state index contributed by atoms with van der Waals surface area (Å²) < 4.78 is 13.1. The molecule has 0 amide bonds. The average molecular weight is 1380 g/mol. The molecule has 0 saturated heterocycles. The molecule has 484 valence electrons. The molecule has 0 bridgehead atoms. The molecule has 22 rings (SSSR count). The predicted molar refractivity (Wildman–Crippen MR) is 438 cm³/mol. The van der Waals surface area contributed by atoms with Crippen LogP contribution in [-0.4, -0.2) is 22.8 Å². The number of halogens is 1. The van der Waals surface area contributed by atoms with Gasteiger partial charge in [0.1, 0.15) is 0 Å². The van der Waals surface area contributed by atoms with E-state index in [4.69, 9.17) is 0 Å². The molecule has 5 aromatic heterocycles. The van der Waals surface area contributed by atoms with Crippen molar-refractivity contribution in [2.75, 3.05) is 0 Å². The molecular formula is C97H64BrN5. The monoisotopic (exact) mass is 1380 g/mol. The van der Waals surface area contributed by atoms with E-state index in [9.17, 15) is 0 Å². The van der Waals surface area contributed by atoms with Gasteiger partial charge in [0.2, 0.25) is 0 Å². The number of aromatic nitrogens is 5. The van der Waals surface area contributed by atoms with E-state index in [1.54, 1.807) is 0 Å². The third kappa shape index (κ3) is 9.89. The van der Waals surface area contributed by atoms with Gasteiger partial charge in [-0.15, -0.1) is 0 Å². The molecule has 0 spiro atoms. The fourth-order valence-corrected chi connectivity index (χ4v) is 16.9. The minimum Gasteiger partial charge on any atom is -0.309 e. The molecule has 0 radical (unpaired) electrons. The Morgan fingerprint density at radius 3 is 1.03 bits per heavy atom. The fraction of sp³-hybridized carbons (Fsp3) is 0.0103. The lowest BCUT2D eigenvalue weighted by atomic mass is 10.0. The van der Waals surface area contributed by atoms with E-state index in [-0.39, 0.29) is 0 Å². The number of fused-ring (bicyclic) bond motifs is 20. The second-order valence-corrected chi connectivity index (χ2v) is 27.7. The largest absolute Gasteiger partial charge is 0.309 e. The quantitative estimate of drug-likeness (QED) is 0.152. The Hall–Kier alpha value is -13.0. The average Bonchev–Trinajstić information content (AvgIpc) is 1.56. The summed E-state index contributed by atoms with van der Waals surface area (Å²) in [5.41, 5.74) is 28.8. The maximum absolute atomic E-state index is 3.52. The Balaban J connectivity index is 0.000000114. The highest BCUT2D eigenvalue weighted by molar-refractivity contribution is 9.10. The van der Waals surface area contributed by atoms with Crippen LogP contribution < -0.4 is 0 Å². The molecule has 0 saturated carbocycles. The van der Waals surface area contributed by atoms with Crippen molar-refractivity contribution in [3.63, 3.8) is 0 Å². The molecule has 21 aromatic rings. The third-order valence-corrected chi connectivity index (χ3v) is 21.7. The minimum atomic E-state index is 1.02. The van der Waals surface area contributed by atoms with Gasteiger partial charge in [0.25, 0.3) is 0 Å². The van der Waals surface area contributed by atoms with Crippen LogP contribution in [0.3, 0.4) is 0 Å². The zero-order valence-electron chi connectivity index (χ0n) is 56.1. The Kier molecular flexibility index (Phi) is 14.4. The van der Waals surface area contributed by atoms with Gasteiger partial charge < -0.3 is 22.8 Å². The summed E-state index contributed by atoms with van der Waals surface area (Å²) in [6, 6.07) is 136.